The zero-order valence-corrected chi connectivity index (χ0v) is 48.0. The molecule has 0 fully saturated rings. The van der Waals surface area contributed by atoms with Crippen LogP contribution in [0.5, 0.6) is 0 Å². The van der Waals surface area contributed by atoms with Gasteiger partial charge in [-0.3, -0.25) is 34.2 Å². The van der Waals surface area contributed by atoms with Gasteiger partial charge in [0.15, 0.2) is 19.6 Å². The van der Waals surface area contributed by atoms with Crippen LogP contribution < -0.4 is 32.3 Å². The number of halogens is 7. The molecule has 0 aliphatic heterocycles. The first-order valence-electron chi connectivity index (χ1n) is 25.6. The highest BCUT2D eigenvalue weighted by molar-refractivity contribution is 6.27. The second-order valence-corrected chi connectivity index (χ2v) is 21.8. The molecule has 80 heavy (non-hydrogen) atoms. The Morgan fingerprint density at radius 2 is 0.863 bits per heavy atom. The zero-order chi connectivity index (χ0) is 59.9. The molecule has 0 bridgehead atoms. The van der Waals surface area contributed by atoms with E-state index in [0.29, 0.717) is 30.6 Å². The Balaban J connectivity index is 0.000000673. The van der Waals surface area contributed by atoms with E-state index < -0.39 is 41.2 Å². The number of nitrogens with zero attached hydrogens (tertiary/aromatic N) is 4. The molecule has 6 amide bonds. The Bertz CT molecular complexity index is 2560. The molecule has 0 aromatic heterocycles. The number of quaternary nitrogens is 3. The molecule has 23 heteroatoms. The van der Waals surface area contributed by atoms with Gasteiger partial charge in [0.05, 0.1) is 21.1 Å². The topological polar surface area (TPSA) is 178 Å². The summed E-state index contributed by atoms with van der Waals surface area (Å²) in [6, 6.07) is 34.2. The van der Waals surface area contributed by atoms with Crippen LogP contribution >= 0.6 is 11.6 Å². The molecule has 16 nitrogen and oxygen atoms in total. The van der Waals surface area contributed by atoms with E-state index in [1.807, 2.05) is 128 Å². The number of likely N-dealkylation sites (N-methyl/N-ethyl adjacent to an activating group) is 3. The Labute approximate surface area is 473 Å². The van der Waals surface area contributed by atoms with Crippen LogP contribution in [-0.2, 0) is 41.9 Å². The van der Waals surface area contributed by atoms with Gasteiger partial charge in [0.2, 0.25) is 0 Å². The number of alkyl halides is 7. The number of carbonyl (C=O) groups excluding carboxylic acids is 6. The van der Waals surface area contributed by atoms with Crippen LogP contribution in [0.2, 0.25) is 0 Å². The number of benzene rings is 4. The van der Waals surface area contributed by atoms with Crippen molar-refractivity contribution in [2.24, 2.45) is 11.8 Å². The van der Waals surface area contributed by atoms with Gasteiger partial charge < -0.3 is 10.6 Å². The SMILES string of the molecule is C.CC(C)CN(C)NC(=O)C(F)(F)F.CC(C)C[N@@+](C)(CC(=O)N[N@+](C)(CC(=O)Nc1ccc(C(C)C)cc1)Cc1ccccc1)NC(=O)C(F)(F)F.CC(C)c1ccc(NC(=O)C[N@+](C)(Cc2ccccc2)NC(=O)CCl)cc1. The molecule has 444 valence electrons. The molecule has 3 atom stereocenters. The summed E-state index contributed by atoms with van der Waals surface area (Å²) in [4.78, 5) is 72.8. The fourth-order valence-corrected chi connectivity index (χ4v) is 8.32. The summed E-state index contributed by atoms with van der Waals surface area (Å²) in [6.45, 7) is 16.3. The summed E-state index contributed by atoms with van der Waals surface area (Å²) >= 11 is 5.65. The Morgan fingerprint density at radius 1 is 0.500 bits per heavy atom. The van der Waals surface area contributed by atoms with Gasteiger partial charge in [-0.25, -0.2) is 24.2 Å². The molecule has 0 radical (unpaired) electrons. The quantitative estimate of drug-likeness (QED) is 0.0185. The van der Waals surface area contributed by atoms with E-state index in [2.05, 4.69) is 49.2 Å². The van der Waals surface area contributed by atoms with Gasteiger partial charge >= 0.3 is 30.1 Å². The predicted molar refractivity (Wildman–Crippen MR) is 301 cm³/mol. The average Bonchev–Trinajstić information content (AvgIpc) is 3.31. The molecule has 0 saturated heterocycles. The number of rotatable bonds is 23. The maximum absolute atomic E-state index is 13.2. The molecular weight excluding hydrogens is 1070 g/mol. The van der Waals surface area contributed by atoms with Crippen LogP contribution in [0.15, 0.2) is 109 Å². The van der Waals surface area contributed by atoms with Crippen molar-refractivity contribution in [2.45, 2.75) is 100 Å². The van der Waals surface area contributed by atoms with E-state index in [0.717, 1.165) is 27.4 Å². The maximum atomic E-state index is 13.2. The third-order valence-electron chi connectivity index (χ3n) is 11.4. The summed E-state index contributed by atoms with van der Waals surface area (Å²) in [6.07, 6.45) is -9.90. The molecule has 0 spiro atoms. The van der Waals surface area contributed by atoms with Crippen LogP contribution in [0.1, 0.15) is 96.9 Å². The number of amides is 6. The van der Waals surface area contributed by atoms with Crippen molar-refractivity contribution in [3.63, 3.8) is 0 Å². The van der Waals surface area contributed by atoms with Crippen LogP contribution in [0.3, 0.4) is 0 Å². The first-order chi connectivity index (χ1) is 36.5. The van der Waals surface area contributed by atoms with Crippen molar-refractivity contribution in [3.8, 4) is 0 Å². The largest absolute Gasteiger partial charge is 0.476 e. The van der Waals surface area contributed by atoms with Crippen LogP contribution in [0, 0.1) is 11.8 Å². The summed E-state index contributed by atoms with van der Waals surface area (Å²) in [7, 11) is 6.22. The Morgan fingerprint density at radius 3 is 1.19 bits per heavy atom. The van der Waals surface area contributed by atoms with Crippen molar-refractivity contribution in [1.29, 1.82) is 0 Å². The first-order valence-corrected chi connectivity index (χ1v) is 26.2. The second-order valence-electron chi connectivity index (χ2n) is 21.5. The number of hydrazine groups is 1. The molecule has 4 aromatic rings. The summed E-state index contributed by atoms with van der Waals surface area (Å²) < 4.78 is 73.2. The molecule has 0 aliphatic carbocycles. The van der Waals surface area contributed by atoms with E-state index in [1.165, 1.54) is 19.7 Å². The van der Waals surface area contributed by atoms with Gasteiger partial charge in [0, 0.05) is 42.0 Å². The monoisotopic (exact) mass is 1150 g/mol. The van der Waals surface area contributed by atoms with Crippen LogP contribution in [0.4, 0.5) is 37.7 Å². The van der Waals surface area contributed by atoms with Crippen molar-refractivity contribution >= 4 is 58.4 Å². The molecule has 0 saturated carbocycles. The lowest BCUT2D eigenvalue weighted by molar-refractivity contribution is -0.957. The van der Waals surface area contributed by atoms with Crippen molar-refractivity contribution in [3.05, 3.63) is 131 Å². The third kappa shape index (κ3) is 28.0. The van der Waals surface area contributed by atoms with E-state index in [-0.39, 0.29) is 78.2 Å². The van der Waals surface area contributed by atoms with Gasteiger partial charge in [-0.15, -0.1) is 11.6 Å². The van der Waals surface area contributed by atoms with E-state index in [9.17, 15) is 55.1 Å². The van der Waals surface area contributed by atoms with Gasteiger partial charge in [0.25, 0.3) is 17.7 Å². The van der Waals surface area contributed by atoms with Crippen molar-refractivity contribution < 1.29 is 68.9 Å². The molecule has 6 N–H and O–H groups in total. The standard InChI is InChI=1S/C28H38F3N5O3.C21H26ClN3O2.C7H13F3N2O.CH4/c1-20(2)16-35(5,34-27(39)28(29,30)31)19-26(38)33-36(6,17-22-10-8-7-9-11-22)18-25(37)32-24-14-12-23(13-15-24)21(3)4;1-16(2)18-9-11-19(12-10-18)23-21(27)15-25(3,24-20(26)13-22)14-17-7-5-4-6-8-17;1-5(2)4-12(3)11-6(13)7(8,9)10;/h7-15,20-21H,16-19H2,1-6H3,(H-2,32,33,34,37,38,39);4-12,16H,13-15H2,1-3H3,(H-,23,24,26,27);5H,4H2,1-3H3,(H,11,13);1H4/p+3/t35-,36-;25-;;/m00../s1. The second kappa shape index (κ2) is 32.6. The molecule has 4 rings (SSSR count). The molecule has 0 unspecified atom stereocenters. The normalized spacial score (nSPS) is 13.7. The fraction of sp³-hybridized carbons (Fsp3) is 0.474. The molecule has 0 heterocycles. The van der Waals surface area contributed by atoms with E-state index >= 15 is 0 Å². The van der Waals surface area contributed by atoms with Crippen LogP contribution in [0.25, 0.3) is 0 Å². The minimum atomic E-state index is -5.09. The van der Waals surface area contributed by atoms with Gasteiger partial charge in [-0.1, -0.05) is 148 Å². The number of nitrogens with one attached hydrogen (secondary N) is 6. The lowest BCUT2D eigenvalue weighted by Crippen LogP contribution is -2.67. The van der Waals surface area contributed by atoms with Gasteiger partial charge in [-0.05, 0) is 53.1 Å². The maximum Gasteiger partial charge on any atom is 0.476 e. The van der Waals surface area contributed by atoms with Crippen LogP contribution in [-0.4, -0.2) is 133 Å². The van der Waals surface area contributed by atoms with Gasteiger partial charge in [-0.2, -0.15) is 37.2 Å². The summed E-state index contributed by atoms with van der Waals surface area (Å²) in [5, 5.41) is 6.88. The number of hydrogen-bond donors (Lipinski definition) is 6. The lowest BCUT2D eigenvalue weighted by atomic mass is 10.0. The highest BCUT2D eigenvalue weighted by Gasteiger charge is 2.45. The molecule has 0 aliphatic rings. The Hall–Kier alpha value is -6.59. The predicted octanol–water partition coefficient (Wildman–Crippen LogP) is 9.59. The van der Waals surface area contributed by atoms with Crippen molar-refractivity contribution in [1.82, 2.24) is 26.7 Å². The van der Waals surface area contributed by atoms with Crippen molar-refractivity contribution in [2.75, 3.05) is 77.4 Å². The first kappa shape index (κ1) is 71.4. The summed E-state index contributed by atoms with van der Waals surface area (Å²) in [5.74, 6) is -4.82. The minimum absolute atomic E-state index is 0. The lowest BCUT2D eigenvalue weighted by Gasteiger charge is -2.37. The minimum Gasteiger partial charge on any atom is -0.321 e. The molecule has 4 aromatic carbocycles. The number of carbonyl (C=O) groups is 6. The molecular formula is C57H84ClF6N10O6+3. The summed E-state index contributed by atoms with van der Waals surface area (Å²) in [5.41, 5.74) is 14.9. The fourth-order valence-electron chi connectivity index (χ4n) is 8.26. The third-order valence-corrected chi connectivity index (χ3v) is 11.7. The van der Waals surface area contributed by atoms with E-state index in [1.54, 1.807) is 33.4 Å². The highest BCUT2D eigenvalue weighted by atomic mass is 35.5. The van der Waals surface area contributed by atoms with E-state index in [4.69, 9.17) is 11.6 Å². The number of anilines is 2. The smallest absolute Gasteiger partial charge is 0.321 e. The number of hydrogen-bond acceptors (Lipinski definition) is 7. The average molecular weight is 1150 g/mol. The highest BCUT2D eigenvalue weighted by Crippen LogP contribution is 2.21. The van der Waals surface area contributed by atoms with Gasteiger partial charge in [0.1, 0.15) is 25.5 Å². The zero-order valence-electron chi connectivity index (χ0n) is 47.2. The Kier molecular flexibility index (Phi) is 29.1.